The highest BCUT2D eigenvalue weighted by Gasteiger charge is 2.13. The van der Waals surface area contributed by atoms with E-state index in [1.165, 1.54) is 5.56 Å². The molecule has 4 rings (SSSR count). The number of carbonyl (C=O) groups excluding carboxylic acids is 1. The van der Waals surface area contributed by atoms with Gasteiger partial charge in [0, 0.05) is 22.9 Å². The first-order chi connectivity index (χ1) is 15.0. The highest BCUT2D eigenvalue weighted by atomic mass is 16.5. The molecule has 1 amide bonds. The number of fused-ring (bicyclic) bond motifs is 1. The summed E-state index contributed by atoms with van der Waals surface area (Å²) in [5.41, 5.74) is 4.55. The number of ether oxygens (including phenoxy) is 2. The van der Waals surface area contributed by atoms with Crippen LogP contribution in [0.2, 0.25) is 0 Å². The van der Waals surface area contributed by atoms with Crippen molar-refractivity contribution in [2.24, 2.45) is 0 Å². The highest BCUT2D eigenvalue weighted by Crippen LogP contribution is 2.28. The van der Waals surface area contributed by atoms with E-state index < -0.39 is 0 Å². The minimum Gasteiger partial charge on any atom is -0.497 e. The lowest BCUT2D eigenvalue weighted by molar-refractivity contribution is 0.102. The lowest BCUT2D eigenvalue weighted by Crippen LogP contribution is -2.12. The Hall–Kier alpha value is -3.80. The molecule has 0 fully saturated rings. The monoisotopic (exact) mass is 416 g/mol. The molecule has 0 spiro atoms. The van der Waals surface area contributed by atoms with Gasteiger partial charge in [-0.25, -0.2) is 4.98 Å². The van der Waals surface area contributed by atoms with Gasteiger partial charge in [0.2, 0.25) is 5.89 Å². The normalized spacial score (nSPS) is 11.0. The van der Waals surface area contributed by atoms with Gasteiger partial charge in [0.05, 0.1) is 14.2 Å². The first-order valence-electron chi connectivity index (χ1n) is 10.0. The molecule has 158 valence electrons. The minimum absolute atomic E-state index is 0.274. The first kappa shape index (κ1) is 20.5. The lowest BCUT2D eigenvalue weighted by atomic mass is 10.0. The Balaban J connectivity index is 1.58. The van der Waals surface area contributed by atoms with E-state index in [1.54, 1.807) is 50.6 Å². The van der Waals surface area contributed by atoms with E-state index in [9.17, 15) is 4.79 Å². The van der Waals surface area contributed by atoms with Gasteiger partial charge in [-0.3, -0.25) is 4.79 Å². The van der Waals surface area contributed by atoms with Crippen molar-refractivity contribution in [2.75, 3.05) is 19.5 Å². The van der Waals surface area contributed by atoms with Crippen LogP contribution in [0.25, 0.3) is 22.6 Å². The van der Waals surface area contributed by atoms with Gasteiger partial charge in [0.25, 0.3) is 5.91 Å². The molecule has 0 aliphatic rings. The molecule has 6 nitrogen and oxygen atoms in total. The Morgan fingerprint density at radius 2 is 1.61 bits per heavy atom. The van der Waals surface area contributed by atoms with Gasteiger partial charge in [-0.05, 0) is 53.9 Å². The average Bonchev–Trinajstić information content (AvgIpc) is 3.22. The van der Waals surface area contributed by atoms with Crippen LogP contribution in [-0.2, 0) is 0 Å². The number of rotatable bonds is 6. The highest BCUT2D eigenvalue weighted by molar-refractivity contribution is 6.05. The molecule has 0 aliphatic heterocycles. The van der Waals surface area contributed by atoms with Crippen molar-refractivity contribution in [3.05, 3.63) is 71.8 Å². The van der Waals surface area contributed by atoms with Crippen molar-refractivity contribution in [1.29, 1.82) is 0 Å². The van der Waals surface area contributed by atoms with Gasteiger partial charge in [-0.15, -0.1) is 0 Å². The Kier molecular flexibility index (Phi) is 5.62. The molecule has 0 atom stereocenters. The molecular weight excluding hydrogens is 392 g/mol. The molecule has 3 aromatic carbocycles. The van der Waals surface area contributed by atoms with Crippen molar-refractivity contribution < 1.29 is 18.7 Å². The van der Waals surface area contributed by atoms with Crippen LogP contribution in [0.3, 0.4) is 0 Å². The molecule has 0 saturated carbocycles. The number of aromatic nitrogens is 1. The number of hydrogen-bond acceptors (Lipinski definition) is 5. The molecule has 1 aromatic heterocycles. The van der Waals surface area contributed by atoms with Crippen molar-refractivity contribution in [3.63, 3.8) is 0 Å². The Morgan fingerprint density at radius 1 is 0.935 bits per heavy atom. The third kappa shape index (κ3) is 4.38. The van der Waals surface area contributed by atoms with Gasteiger partial charge in [0.15, 0.2) is 5.58 Å². The SMILES string of the molecule is COc1cc(OC)cc(C(=O)Nc2ccc3oc(-c4ccc(C(C)C)cc4)nc3c2)c1. The number of anilines is 1. The van der Waals surface area contributed by atoms with E-state index in [-0.39, 0.29) is 5.91 Å². The average molecular weight is 416 g/mol. The summed E-state index contributed by atoms with van der Waals surface area (Å²) >= 11 is 0. The van der Waals surface area contributed by atoms with Crippen LogP contribution < -0.4 is 14.8 Å². The maximum Gasteiger partial charge on any atom is 0.255 e. The van der Waals surface area contributed by atoms with Gasteiger partial charge in [-0.1, -0.05) is 26.0 Å². The molecule has 0 unspecified atom stereocenters. The molecule has 0 bridgehead atoms. The summed E-state index contributed by atoms with van der Waals surface area (Å²) in [6, 6.07) is 18.6. The Bertz CT molecular complexity index is 1200. The maximum absolute atomic E-state index is 12.7. The van der Waals surface area contributed by atoms with Gasteiger partial charge < -0.3 is 19.2 Å². The van der Waals surface area contributed by atoms with E-state index in [4.69, 9.17) is 13.9 Å². The number of hydrogen-bond donors (Lipinski definition) is 1. The lowest BCUT2D eigenvalue weighted by Gasteiger charge is -2.09. The number of benzene rings is 3. The smallest absolute Gasteiger partial charge is 0.255 e. The zero-order chi connectivity index (χ0) is 22.0. The number of carbonyl (C=O) groups is 1. The van der Waals surface area contributed by atoms with E-state index in [2.05, 4.69) is 36.3 Å². The molecule has 0 radical (unpaired) electrons. The van der Waals surface area contributed by atoms with E-state index in [0.29, 0.717) is 45.7 Å². The fourth-order valence-electron chi connectivity index (χ4n) is 3.28. The topological polar surface area (TPSA) is 73.6 Å². The quantitative estimate of drug-likeness (QED) is 0.424. The zero-order valence-electron chi connectivity index (χ0n) is 17.9. The van der Waals surface area contributed by atoms with Crippen molar-refractivity contribution in [3.8, 4) is 23.0 Å². The predicted octanol–water partition coefficient (Wildman–Crippen LogP) is 5.89. The number of methoxy groups -OCH3 is 2. The first-order valence-corrected chi connectivity index (χ1v) is 10.0. The number of amides is 1. The third-order valence-corrected chi connectivity index (χ3v) is 5.08. The maximum atomic E-state index is 12.7. The molecule has 31 heavy (non-hydrogen) atoms. The molecule has 0 saturated heterocycles. The number of oxazole rings is 1. The third-order valence-electron chi connectivity index (χ3n) is 5.08. The summed E-state index contributed by atoms with van der Waals surface area (Å²) in [4.78, 5) is 17.3. The summed E-state index contributed by atoms with van der Waals surface area (Å²) in [6.07, 6.45) is 0. The van der Waals surface area contributed by atoms with Crippen molar-refractivity contribution in [1.82, 2.24) is 4.98 Å². The predicted molar refractivity (Wildman–Crippen MR) is 121 cm³/mol. The Labute approximate surface area is 180 Å². The fourth-order valence-corrected chi connectivity index (χ4v) is 3.28. The Morgan fingerprint density at radius 3 is 2.23 bits per heavy atom. The molecule has 1 N–H and O–H groups in total. The molecular formula is C25H24N2O4. The summed E-state index contributed by atoms with van der Waals surface area (Å²) < 4.78 is 16.4. The minimum atomic E-state index is -0.274. The number of nitrogens with one attached hydrogen (secondary N) is 1. The second-order valence-corrected chi connectivity index (χ2v) is 7.53. The van der Waals surface area contributed by atoms with Crippen LogP contribution in [0.5, 0.6) is 11.5 Å². The van der Waals surface area contributed by atoms with Crippen molar-refractivity contribution in [2.45, 2.75) is 19.8 Å². The largest absolute Gasteiger partial charge is 0.497 e. The van der Waals surface area contributed by atoms with Crippen LogP contribution >= 0.6 is 0 Å². The molecule has 0 aliphatic carbocycles. The summed E-state index contributed by atoms with van der Waals surface area (Å²) in [5.74, 6) is 1.83. The second-order valence-electron chi connectivity index (χ2n) is 7.53. The zero-order valence-corrected chi connectivity index (χ0v) is 17.9. The van der Waals surface area contributed by atoms with Crippen LogP contribution in [0, 0.1) is 0 Å². The van der Waals surface area contributed by atoms with E-state index in [1.807, 2.05) is 12.1 Å². The fraction of sp³-hybridized carbons (Fsp3) is 0.200. The van der Waals surface area contributed by atoms with E-state index in [0.717, 1.165) is 5.56 Å². The molecule has 4 aromatic rings. The standard InChI is InChI=1S/C25H24N2O4/c1-15(2)16-5-7-17(8-6-16)25-27-22-13-19(9-10-23(22)31-25)26-24(28)18-11-20(29-3)14-21(12-18)30-4/h5-15H,1-4H3,(H,26,28). The van der Waals surface area contributed by atoms with Gasteiger partial charge in [-0.2, -0.15) is 0 Å². The van der Waals surface area contributed by atoms with Gasteiger partial charge in [0.1, 0.15) is 17.0 Å². The molecule has 1 heterocycles. The van der Waals surface area contributed by atoms with Crippen LogP contribution in [0.15, 0.2) is 65.1 Å². The molecule has 6 heteroatoms. The summed E-state index contributed by atoms with van der Waals surface area (Å²) in [7, 11) is 3.09. The van der Waals surface area contributed by atoms with Crippen molar-refractivity contribution >= 4 is 22.7 Å². The number of nitrogens with zero attached hydrogens (tertiary/aromatic N) is 1. The van der Waals surface area contributed by atoms with Crippen LogP contribution in [0.4, 0.5) is 5.69 Å². The van der Waals surface area contributed by atoms with Crippen LogP contribution in [-0.4, -0.2) is 25.1 Å². The van der Waals surface area contributed by atoms with Crippen LogP contribution in [0.1, 0.15) is 35.7 Å². The van der Waals surface area contributed by atoms with E-state index >= 15 is 0 Å². The second kappa shape index (κ2) is 8.52. The summed E-state index contributed by atoms with van der Waals surface area (Å²) in [5, 5.41) is 2.89. The van der Waals surface area contributed by atoms with Gasteiger partial charge >= 0.3 is 0 Å². The summed E-state index contributed by atoms with van der Waals surface area (Å²) in [6.45, 7) is 4.32.